The van der Waals surface area contributed by atoms with Gasteiger partial charge in [0, 0.05) is 43.0 Å². The van der Waals surface area contributed by atoms with Gasteiger partial charge in [-0.25, -0.2) is 14.5 Å². The summed E-state index contributed by atoms with van der Waals surface area (Å²) < 4.78 is 19.6. The fraction of sp³-hybridized carbons (Fsp3) is 0.179. The molecular weight excluding hydrogens is 500 g/mol. The highest BCUT2D eigenvalue weighted by atomic mass is 32.1. The van der Waals surface area contributed by atoms with Crippen molar-refractivity contribution in [3.63, 3.8) is 0 Å². The Morgan fingerprint density at radius 1 is 1.08 bits per heavy atom. The van der Waals surface area contributed by atoms with Crippen LogP contribution in [0.1, 0.15) is 11.4 Å². The van der Waals surface area contributed by atoms with Crippen LogP contribution in [0.5, 0.6) is 11.5 Å². The lowest BCUT2D eigenvalue weighted by Gasteiger charge is -2.13. The van der Waals surface area contributed by atoms with Gasteiger partial charge in [0.25, 0.3) is 0 Å². The van der Waals surface area contributed by atoms with Crippen molar-refractivity contribution < 1.29 is 13.9 Å². The Morgan fingerprint density at radius 2 is 1.97 bits per heavy atom. The van der Waals surface area contributed by atoms with Crippen LogP contribution in [0.2, 0.25) is 0 Å². The maximum atomic E-state index is 6.22. The molecular formula is C28H26N6O3S. The number of thiazole rings is 1. The number of nitrogens with zero attached hydrogens (tertiary/aromatic N) is 5. The van der Waals surface area contributed by atoms with Crippen molar-refractivity contribution in [3.8, 4) is 23.0 Å². The zero-order chi connectivity index (χ0) is 26.2. The van der Waals surface area contributed by atoms with Crippen molar-refractivity contribution in [2.45, 2.75) is 13.5 Å². The predicted octanol–water partition coefficient (Wildman–Crippen LogP) is 6.30. The van der Waals surface area contributed by atoms with Crippen molar-refractivity contribution in [1.82, 2.24) is 19.6 Å². The van der Waals surface area contributed by atoms with E-state index >= 15 is 0 Å². The molecule has 0 atom stereocenters. The molecule has 0 aliphatic rings. The molecule has 0 saturated heterocycles. The first-order valence-electron chi connectivity index (χ1n) is 12.0. The summed E-state index contributed by atoms with van der Waals surface area (Å²) in [7, 11) is 5.66. The van der Waals surface area contributed by atoms with Crippen LogP contribution in [-0.4, -0.2) is 40.8 Å². The highest BCUT2D eigenvalue weighted by Crippen LogP contribution is 2.37. The largest absolute Gasteiger partial charge is 0.496 e. The van der Waals surface area contributed by atoms with E-state index in [-0.39, 0.29) is 0 Å². The molecule has 0 amide bonds. The second-order valence-corrected chi connectivity index (χ2v) is 9.91. The van der Waals surface area contributed by atoms with Gasteiger partial charge in [0.05, 0.1) is 30.1 Å². The third kappa shape index (κ3) is 4.73. The summed E-state index contributed by atoms with van der Waals surface area (Å²) in [4.78, 5) is 11.4. The first-order valence-corrected chi connectivity index (χ1v) is 12.9. The molecule has 6 aromatic rings. The molecule has 10 heteroatoms. The molecule has 4 aromatic heterocycles. The van der Waals surface area contributed by atoms with Crippen molar-refractivity contribution in [2.24, 2.45) is 0 Å². The molecule has 2 aromatic carbocycles. The van der Waals surface area contributed by atoms with Gasteiger partial charge in [-0.15, -0.1) is 11.3 Å². The second kappa shape index (κ2) is 9.71. The molecule has 0 aliphatic carbocycles. The lowest BCUT2D eigenvalue weighted by Crippen LogP contribution is -2.08. The van der Waals surface area contributed by atoms with Crippen LogP contribution in [0.4, 0.5) is 16.5 Å². The molecule has 6 rings (SSSR count). The molecule has 0 bridgehead atoms. The van der Waals surface area contributed by atoms with E-state index in [1.807, 2.05) is 75.1 Å². The van der Waals surface area contributed by atoms with Crippen LogP contribution in [-0.2, 0) is 6.61 Å². The Morgan fingerprint density at radius 3 is 2.82 bits per heavy atom. The van der Waals surface area contributed by atoms with Gasteiger partial charge in [-0.1, -0.05) is 6.07 Å². The van der Waals surface area contributed by atoms with Gasteiger partial charge in [0.1, 0.15) is 29.4 Å². The third-order valence-electron chi connectivity index (χ3n) is 6.06. The van der Waals surface area contributed by atoms with Gasteiger partial charge in [-0.05, 0) is 43.3 Å². The molecule has 0 unspecified atom stereocenters. The van der Waals surface area contributed by atoms with Gasteiger partial charge >= 0.3 is 0 Å². The number of aromatic nitrogens is 4. The normalized spacial score (nSPS) is 11.3. The van der Waals surface area contributed by atoms with Crippen LogP contribution < -0.4 is 19.7 Å². The number of rotatable bonds is 8. The van der Waals surface area contributed by atoms with Crippen LogP contribution in [0.15, 0.2) is 70.6 Å². The topological polar surface area (TPSA) is 90.0 Å². The Hall–Kier alpha value is -4.57. The van der Waals surface area contributed by atoms with Gasteiger partial charge in [0.2, 0.25) is 0 Å². The van der Waals surface area contributed by atoms with Crippen molar-refractivity contribution >= 4 is 44.5 Å². The summed E-state index contributed by atoms with van der Waals surface area (Å²) in [6.07, 6.45) is 1.86. The molecule has 0 spiro atoms. The number of anilines is 3. The maximum absolute atomic E-state index is 6.22. The summed E-state index contributed by atoms with van der Waals surface area (Å²) in [5.41, 5.74) is 5.93. The second-order valence-electron chi connectivity index (χ2n) is 9.05. The average molecular weight is 527 g/mol. The number of ether oxygens (including phenoxy) is 2. The molecule has 0 saturated carbocycles. The van der Waals surface area contributed by atoms with Crippen molar-refractivity contribution in [2.75, 3.05) is 31.4 Å². The number of nitrogens with one attached hydrogen (secondary N) is 1. The minimum Gasteiger partial charge on any atom is -0.496 e. The van der Waals surface area contributed by atoms with Crippen LogP contribution in [0, 0.1) is 6.92 Å². The van der Waals surface area contributed by atoms with E-state index in [2.05, 4.69) is 32.4 Å². The Kier molecular flexibility index (Phi) is 6.09. The summed E-state index contributed by atoms with van der Waals surface area (Å²) in [5, 5.41) is 11.5. The number of hydrogen-bond donors (Lipinski definition) is 1. The van der Waals surface area contributed by atoms with Crippen molar-refractivity contribution in [3.05, 3.63) is 77.6 Å². The molecule has 0 aliphatic heterocycles. The summed E-state index contributed by atoms with van der Waals surface area (Å²) in [6.45, 7) is 2.25. The van der Waals surface area contributed by atoms with E-state index in [1.165, 1.54) is 11.3 Å². The Labute approximate surface area is 223 Å². The van der Waals surface area contributed by atoms with Gasteiger partial charge in [0.15, 0.2) is 16.5 Å². The number of hydrogen-bond acceptors (Lipinski definition) is 9. The molecule has 0 radical (unpaired) electrons. The monoisotopic (exact) mass is 526 g/mol. The minimum absolute atomic E-state index is 0.302. The number of furan rings is 1. The van der Waals surface area contributed by atoms with E-state index < -0.39 is 0 Å². The minimum atomic E-state index is 0.302. The molecule has 1 N–H and O–H groups in total. The lowest BCUT2D eigenvalue weighted by atomic mass is 10.2. The van der Waals surface area contributed by atoms with Crippen LogP contribution in [0.25, 0.3) is 28.1 Å². The SMILES string of the molecule is COc1cc(OCc2csc(Nc3cccc(N(C)C)c3)n2)c2cc(-c3cn4nc(C)ccc4n3)oc2c1. The quantitative estimate of drug-likeness (QED) is 0.247. The standard InChI is InChI=1S/C28H26N6O3S/c1-17-8-9-27-31-23(14-34(27)32-17)26-13-22-24(11-21(35-4)12-25(22)37-26)36-15-19-16-38-28(30-19)29-18-6-5-7-20(10-18)33(2)3/h5-14,16H,15H2,1-4H3,(H,29,30). The number of fused-ring (bicyclic) bond motifs is 2. The molecule has 0 fully saturated rings. The van der Waals surface area contributed by atoms with E-state index in [1.54, 1.807) is 11.6 Å². The number of aryl methyl sites for hydroxylation is 1. The fourth-order valence-corrected chi connectivity index (χ4v) is 4.83. The molecule has 9 nitrogen and oxygen atoms in total. The van der Waals surface area contributed by atoms with Crippen LogP contribution in [0.3, 0.4) is 0 Å². The molecule has 192 valence electrons. The van der Waals surface area contributed by atoms with Crippen molar-refractivity contribution in [1.29, 1.82) is 0 Å². The number of imidazole rings is 1. The van der Waals surface area contributed by atoms with Crippen LogP contribution >= 0.6 is 11.3 Å². The lowest BCUT2D eigenvalue weighted by molar-refractivity contribution is 0.303. The fourth-order valence-electron chi connectivity index (χ4n) is 4.11. The van der Waals surface area contributed by atoms with Gasteiger partial charge in [-0.3, -0.25) is 0 Å². The van der Waals surface area contributed by atoms with E-state index in [4.69, 9.17) is 18.9 Å². The number of methoxy groups -OCH3 is 1. The summed E-state index contributed by atoms with van der Waals surface area (Å²) in [6, 6.07) is 17.7. The maximum Gasteiger partial charge on any atom is 0.187 e. The zero-order valence-electron chi connectivity index (χ0n) is 21.4. The van der Waals surface area contributed by atoms with E-state index in [0.29, 0.717) is 35.1 Å². The Bertz CT molecular complexity index is 1750. The predicted molar refractivity (Wildman–Crippen MR) is 150 cm³/mol. The molecule has 4 heterocycles. The smallest absolute Gasteiger partial charge is 0.187 e. The van der Waals surface area contributed by atoms with E-state index in [9.17, 15) is 0 Å². The third-order valence-corrected chi connectivity index (χ3v) is 6.86. The molecule has 38 heavy (non-hydrogen) atoms. The highest BCUT2D eigenvalue weighted by Gasteiger charge is 2.16. The van der Waals surface area contributed by atoms with E-state index in [0.717, 1.165) is 38.9 Å². The first kappa shape index (κ1) is 23.8. The van der Waals surface area contributed by atoms with Gasteiger partial charge < -0.3 is 24.1 Å². The summed E-state index contributed by atoms with van der Waals surface area (Å²) in [5.74, 6) is 1.91. The highest BCUT2D eigenvalue weighted by molar-refractivity contribution is 7.13. The summed E-state index contributed by atoms with van der Waals surface area (Å²) >= 11 is 1.53. The zero-order valence-corrected chi connectivity index (χ0v) is 22.2. The van der Waals surface area contributed by atoms with Gasteiger partial charge in [-0.2, -0.15) is 5.10 Å². The number of benzene rings is 2. The Balaban J connectivity index is 1.23. The first-order chi connectivity index (χ1) is 18.4. The average Bonchev–Trinajstić information content (AvgIpc) is 3.65.